The highest BCUT2D eigenvalue weighted by Gasteiger charge is 2.70. The van der Waals surface area contributed by atoms with Gasteiger partial charge in [0.2, 0.25) is 0 Å². The van der Waals surface area contributed by atoms with Gasteiger partial charge in [-0.15, -0.1) is 0 Å². The van der Waals surface area contributed by atoms with Crippen LogP contribution in [-0.2, 0) is 4.74 Å². The van der Waals surface area contributed by atoms with Gasteiger partial charge in [0.15, 0.2) is 0 Å². The van der Waals surface area contributed by atoms with E-state index < -0.39 is 36.5 Å². The minimum atomic E-state index is -6.03. The molecule has 4 nitrogen and oxygen atoms in total. The van der Waals surface area contributed by atoms with Crippen molar-refractivity contribution < 1.29 is 41.0 Å². The van der Waals surface area contributed by atoms with Crippen LogP contribution in [0.3, 0.4) is 0 Å². The Kier molecular flexibility index (Phi) is 5.24. The number of hydrogen-bond acceptors (Lipinski definition) is 3. The van der Waals surface area contributed by atoms with Gasteiger partial charge in [-0.2, -0.15) is 26.3 Å². The molecule has 0 saturated heterocycles. The maximum absolute atomic E-state index is 12.7. The van der Waals surface area contributed by atoms with Crippen molar-refractivity contribution in [1.29, 1.82) is 0 Å². The van der Waals surface area contributed by atoms with Crippen LogP contribution in [0.4, 0.5) is 31.1 Å². The predicted molar refractivity (Wildman–Crippen MR) is 90.1 cm³/mol. The Morgan fingerprint density at radius 3 is 1.79 bits per heavy atom. The summed E-state index contributed by atoms with van der Waals surface area (Å²) in [5.41, 5.74) is -1.63. The molecule has 0 bridgehead atoms. The van der Waals surface area contributed by atoms with Crippen molar-refractivity contribution >= 4 is 6.09 Å². The average Bonchev–Trinajstić information content (AvgIpc) is 2.96. The molecule has 0 saturated carbocycles. The van der Waals surface area contributed by atoms with Gasteiger partial charge in [0.1, 0.15) is 6.61 Å². The highest BCUT2D eigenvalue weighted by molar-refractivity contribution is 5.79. The summed E-state index contributed by atoms with van der Waals surface area (Å²) in [6.07, 6.45) is -13.6. The van der Waals surface area contributed by atoms with Crippen LogP contribution in [0.15, 0.2) is 48.5 Å². The van der Waals surface area contributed by atoms with Crippen LogP contribution in [-0.4, -0.2) is 42.3 Å². The fourth-order valence-electron chi connectivity index (χ4n) is 3.21. The van der Waals surface area contributed by atoms with E-state index in [0.717, 1.165) is 22.3 Å². The van der Waals surface area contributed by atoms with E-state index in [9.17, 15) is 31.1 Å². The number of hydrogen-bond donors (Lipinski definition) is 2. The van der Waals surface area contributed by atoms with E-state index in [1.165, 1.54) is 5.32 Å². The summed E-state index contributed by atoms with van der Waals surface area (Å²) < 4.78 is 80.8. The molecule has 0 spiro atoms. The van der Waals surface area contributed by atoms with Crippen LogP contribution in [0.5, 0.6) is 0 Å². The standard InChI is InChI=1S/C19H15F6NO3/c20-18(21,22)17(28,19(23,24)25)10-26-16(27)29-9-15-13-7-3-1-5-11(13)12-6-2-4-8-14(12)15/h1-8,15,28H,9-10H2,(H,26,27). The van der Waals surface area contributed by atoms with Gasteiger partial charge < -0.3 is 15.2 Å². The van der Waals surface area contributed by atoms with Crippen LogP contribution in [0.25, 0.3) is 11.1 Å². The molecule has 0 atom stereocenters. The first-order valence-electron chi connectivity index (χ1n) is 8.40. The second-order valence-corrected chi connectivity index (χ2v) is 6.53. The first kappa shape index (κ1) is 21.0. The zero-order valence-electron chi connectivity index (χ0n) is 14.6. The van der Waals surface area contributed by atoms with Crippen molar-refractivity contribution in [3.63, 3.8) is 0 Å². The molecule has 1 aliphatic rings. The van der Waals surface area contributed by atoms with Crippen LogP contribution in [0.2, 0.25) is 0 Å². The number of carbonyl (C=O) groups excluding carboxylic acids is 1. The minimum absolute atomic E-state index is 0.295. The van der Waals surface area contributed by atoms with Gasteiger partial charge in [0.25, 0.3) is 5.60 Å². The van der Waals surface area contributed by atoms with Crippen molar-refractivity contribution in [2.24, 2.45) is 0 Å². The average molecular weight is 419 g/mol. The van der Waals surface area contributed by atoms with E-state index >= 15 is 0 Å². The van der Waals surface area contributed by atoms with Crippen LogP contribution >= 0.6 is 0 Å². The molecule has 0 fully saturated rings. The molecule has 0 unspecified atom stereocenters. The van der Waals surface area contributed by atoms with Gasteiger partial charge in [-0.25, -0.2) is 4.79 Å². The first-order chi connectivity index (χ1) is 13.5. The van der Waals surface area contributed by atoms with Crippen LogP contribution in [0, 0.1) is 0 Å². The van der Waals surface area contributed by atoms with E-state index in [1.54, 1.807) is 24.3 Å². The number of amides is 1. The zero-order chi connectivity index (χ0) is 21.4. The Labute approximate surface area is 161 Å². The SMILES string of the molecule is O=C(NCC(O)(C(F)(F)F)C(F)(F)F)OCC1c2ccccc2-c2ccccc21. The van der Waals surface area contributed by atoms with E-state index in [0.29, 0.717) is 0 Å². The Morgan fingerprint density at radius 1 is 0.897 bits per heavy atom. The number of nitrogens with one attached hydrogen (secondary N) is 1. The number of benzene rings is 2. The monoisotopic (exact) mass is 419 g/mol. The molecule has 0 radical (unpaired) electrons. The number of carbonyl (C=O) groups is 1. The predicted octanol–water partition coefficient (Wildman–Crippen LogP) is 4.38. The van der Waals surface area contributed by atoms with E-state index in [2.05, 4.69) is 0 Å². The third-order valence-corrected chi connectivity index (χ3v) is 4.77. The smallest absolute Gasteiger partial charge is 0.428 e. The first-order valence-corrected chi connectivity index (χ1v) is 8.40. The van der Waals surface area contributed by atoms with E-state index in [-0.39, 0.29) is 6.61 Å². The maximum Gasteiger partial charge on any atom is 0.428 e. The van der Waals surface area contributed by atoms with Gasteiger partial charge in [0, 0.05) is 5.92 Å². The molecular weight excluding hydrogens is 404 g/mol. The summed E-state index contributed by atoms with van der Waals surface area (Å²) in [5, 5.41) is 10.4. The van der Waals surface area contributed by atoms with Crippen LogP contribution < -0.4 is 5.32 Å². The fourth-order valence-corrected chi connectivity index (χ4v) is 3.21. The van der Waals surface area contributed by atoms with E-state index in [4.69, 9.17) is 9.84 Å². The summed E-state index contributed by atoms with van der Waals surface area (Å²) in [6, 6.07) is 14.5. The third-order valence-electron chi connectivity index (χ3n) is 4.77. The molecule has 2 aromatic carbocycles. The Balaban J connectivity index is 1.69. The number of fused-ring (bicyclic) bond motifs is 3. The lowest BCUT2D eigenvalue weighted by Gasteiger charge is -2.32. The molecular formula is C19H15F6NO3. The molecule has 0 heterocycles. The number of ether oxygens (including phenoxy) is 1. The van der Waals surface area contributed by atoms with Crippen LogP contribution in [0.1, 0.15) is 17.0 Å². The topological polar surface area (TPSA) is 58.6 Å². The van der Waals surface area contributed by atoms with Crippen molar-refractivity contribution in [2.45, 2.75) is 23.9 Å². The van der Waals surface area contributed by atoms with Crippen molar-refractivity contribution in [2.75, 3.05) is 13.2 Å². The van der Waals surface area contributed by atoms with Gasteiger partial charge in [0.05, 0.1) is 6.54 Å². The lowest BCUT2D eigenvalue weighted by atomic mass is 9.98. The molecule has 2 N–H and O–H groups in total. The summed E-state index contributed by atoms with van der Waals surface area (Å²) in [6.45, 7) is -2.41. The Hall–Kier alpha value is -2.75. The molecule has 0 aliphatic heterocycles. The number of rotatable bonds is 4. The maximum atomic E-state index is 12.7. The lowest BCUT2D eigenvalue weighted by molar-refractivity contribution is -0.364. The molecule has 29 heavy (non-hydrogen) atoms. The summed E-state index contributed by atoms with van der Waals surface area (Å²) in [7, 11) is 0. The fraction of sp³-hybridized carbons (Fsp3) is 0.316. The van der Waals surface area contributed by atoms with Gasteiger partial charge >= 0.3 is 18.4 Å². The molecule has 1 aliphatic carbocycles. The Bertz CT molecular complexity index is 850. The highest BCUT2D eigenvalue weighted by Crippen LogP contribution is 2.45. The zero-order valence-corrected chi connectivity index (χ0v) is 14.6. The normalized spacial score (nSPS) is 14.3. The molecule has 2 aromatic rings. The number of aliphatic hydroxyl groups is 1. The lowest BCUT2D eigenvalue weighted by Crippen LogP contribution is -2.62. The number of alkyl halides is 6. The second-order valence-electron chi connectivity index (χ2n) is 6.53. The van der Waals surface area contributed by atoms with Gasteiger partial charge in [-0.1, -0.05) is 48.5 Å². The van der Waals surface area contributed by atoms with Gasteiger partial charge in [-0.3, -0.25) is 0 Å². The molecule has 0 aromatic heterocycles. The summed E-state index contributed by atoms with van der Waals surface area (Å²) in [5.74, 6) is -0.419. The molecule has 1 amide bonds. The summed E-state index contributed by atoms with van der Waals surface area (Å²) in [4.78, 5) is 11.7. The number of halogens is 6. The second kappa shape index (κ2) is 7.25. The van der Waals surface area contributed by atoms with Crippen molar-refractivity contribution in [3.8, 4) is 11.1 Å². The molecule has 3 rings (SSSR count). The van der Waals surface area contributed by atoms with Crippen molar-refractivity contribution in [1.82, 2.24) is 5.32 Å². The highest BCUT2D eigenvalue weighted by atomic mass is 19.4. The van der Waals surface area contributed by atoms with E-state index in [1.807, 2.05) is 24.3 Å². The minimum Gasteiger partial charge on any atom is -0.449 e. The molecule has 156 valence electrons. The summed E-state index contributed by atoms with van der Waals surface area (Å²) >= 11 is 0. The number of alkyl carbamates (subject to hydrolysis) is 1. The van der Waals surface area contributed by atoms with Crippen molar-refractivity contribution in [3.05, 3.63) is 59.7 Å². The third kappa shape index (κ3) is 3.76. The largest absolute Gasteiger partial charge is 0.449 e. The quantitative estimate of drug-likeness (QED) is 0.724. The Morgan fingerprint density at radius 2 is 1.34 bits per heavy atom. The molecule has 10 heteroatoms. The van der Waals surface area contributed by atoms with Gasteiger partial charge in [-0.05, 0) is 22.3 Å².